The molecule has 0 aliphatic rings. The average molecular weight is 240 g/mol. The fourth-order valence-electron chi connectivity index (χ4n) is 1.82. The number of ketones is 1. The van der Waals surface area contributed by atoms with Gasteiger partial charge in [0.2, 0.25) is 0 Å². The zero-order valence-electron chi connectivity index (χ0n) is 10.4. The highest BCUT2D eigenvalue weighted by Gasteiger charge is 2.09. The molecule has 0 atom stereocenters. The molecule has 2 rings (SSSR count). The Hall–Kier alpha value is -2.00. The largest absolute Gasteiger partial charge is 0.295 e. The smallest absolute Gasteiger partial charge is 0.176 e. The standard InChI is InChI=1S/C15H16N2O/c1-17(11-13-6-5-9-16-10-13)12-15(18)14-7-3-2-4-8-14/h2-10H,11-12H2,1H3. The molecule has 0 fully saturated rings. The second-order valence-electron chi connectivity index (χ2n) is 4.32. The summed E-state index contributed by atoms with van der Waals surface area (Å²) in [7, 11) is 1.94. The van der Waals surface area contributed by atoms with Gasteiger partial charge in [0.15, 0.2) is 5.78 Å². The molecule has 0 saturated heterocycles. The molecule has 0 radical (unpaired) electrons. The number of aromatic nitrogens is 1. The Balaban J connectivity index is 1.92. The van der Waals surface area contributed by atoms with Crippen LogP contribution in [0, 0.1) is 0 Å². The van der Waals surface area contributed by atoms with Gasteiger partial charge in [-0.2, -0.15) is 0 Å². The minimum atomic E-state index is 0.141. The SMILES string of the molecule is CN(CC(=O)c1ccccc1)Cc1cccnc1. The van der Waals surface area contributed by atoms with Crippen molar-refractivity contribution in [2.45, 2.75) is 6.54 Å². The van der Waals surface area contributed by atoms with Crippen LogP contribution in [0.25, 0.3) is 0 Å². The van der Waals surface area contributed by atoms with E-state index in [1.807, 2.05) is 60.6 Å². The molecule has 0 bridgehead atoms. The van der Waals surface area contributed by atoms with Crippen LogP contribution in [0.15, 0.2) is 54.9 Å². The van der Waals surface area contributed by atoms with Crippen LogP contribution < -0.4 is 0 Å². The van der Waals surface area contributed by atoms with Crippen molar-refractivity contribution < 1.29 is 4.79 Å². The summed E-state index contributed by atoms with van der Waals surface area (Å²) < 4.78 is 0. The lowest BCUT2D eigenvalue weighted by Gasteiger charge is -2.15. The van der Waals surface area contributed by atoms with Crippen LogP contribution in [0.4, 0.5) is 0 Å². The maximum Gasteiger partial charge on any atom is 0.176 e. The molecule has 0 amide bonds. The van der Waals surface area contributed by atoms with Gasteiger partial charge in [0.25, 0.3) is 0 Å². The monoisotopic (exact) mass is 240 g/mol. The van der Waals surface area contributed by atoms with Crippen LogP contribution in [0.1, 0.15) is 15.9 Å². The summed E-state index contributed by atoms with van der Waals surface area (Å²) in [6.07, 6.45) is 3.57. The predicted octanol–water partition coefficient (Wildman–Crippen LogP) is 2.40. The van der Waals surface area contributed by atoms with Gasteiger partial charge in [0.1, 0.15) is 0 Å². The highest BCUT2D eigenvalue weighted by atomic mass is 16.1. The molecule has 1 heterocycles. The van der Waals surface area contributed by atoms with E-state index in [4.69, 9.17) is 0 Å². The lowest BCUT2D eigenvalue weighted by atomic mass is 10.1. The Morgan fingerprint density at radius 1 is 1.17 bits per heavy atom. The van der Waals surface area contributed by atoms with Crippen molar-refractivity contribution in [3.8, 4) is 0 Å². The molecule has 1 aromatic carbocycles. The molecule has 3 heteroatoms. The molecule has 0 saturated carbocycles. The van der Waals surface area contributed by atoms with Crippen LogP contribution in [0.3, 0.4) is 0 Å². The first-order valence-corrected chi connectivity index (χ1v) is 5.91. The fourth-order valence-corrected chi connectivity index (χ4v) is 1.82. The number of hydrogen-bond acceptors (Lipinski definition) is 3. The van der Waals surface area contributed by atoms with Gasteiger partial charge in [0, 0.05) is 24.5 Å². The Morgan fingerprint density at radius 3 is 2.61 bits per heavy atom. The van der Waals surface area contributed by atoms with E-state index in [0.717, 1.165) is 17.7 Å². The van der Waals surface area contributed by atoms with Crippen molar-refractivity contribution in [1.82, 2.24) is 9.88 Å². The predicted molar refractivity (Wildman–Crippen MR) is 71.3 cm³/mol. The molecule has 0 spiro atoms. The van der Waals surface area contributed by atoms with Crippen LogP contribution in [0.5, 0.6) is 0 Å². The summed E-state index contributed by atoms with van der Waals surface area (Å²) in [5, 5.41) is 0. The van der Waals surface area contributed by atoms with Gasteiger partial charge in [-0.05, 0) is 18.7 Å². The summed E-state index contributed by atoms with van der Waals surface area (Å²) in [6, 6.07) is 13.3. The van der Waals surface area contributed by atoms with Gasteiger partial charge in [-0.1, -0.05) is 36.4 Å². The maximum absolute atomic E-state index is 12.0. The van der Waals surface area contributed by atoms with Crippen LogP contribution in [-0.2, 0) is 6.54 Å². The van der Waals surface area contributed by atoms with Crippen molar-refractivity contribution in [3.05, 3.63) is 66.0 Å². The van der Waals surface area contributed by atoms with Crippen molar-refractivity contribution in [2.24, 2.45) is 0 Å². The van der Waals surface area contributed by atoms with Crippen LogP contribution in [-0.4, -0.2) is 29.3 Å². The molecule has 0 aliphatic heterocycles. The van der Waals surface area contributed by atoms with E-state index in [1.54, 1.807) is 6.20 Å². The molecular formula is C15H16N2O. The number of nitrogens with zero attached hydrogens (tertiary/aromatic N) is 2. The lowest BCUT2D eigenvalue weighted by molar-refractivity contribution is 0.0943. The summed E-state index contributed by atoms with van der Waals surface area (Å²) in [6.45, 7) is 1.14. The van der Waals surface area contributed by atoms with Crippen molar-refractivity contribution in [2.75, 3.05) is 13.6 Å². The number of Topliss-reactive ketones (excluding diaryl/α,β-unsaturated/α-hetero) is 1. The van der Waals surface area contributed by atoms with Gasteiger partial charge in [-0.15, -0.1) is 0 Å². The van der Waals surface area contributed by atoms with E-state index in [1.165, 1.54) is 0 Å². The van der Waals surface area contributed by atoms with Crippen molar-refractivity contribution >= 4 is 5.78 Å². The second kappa shape index (κ2) is 6.07. The topological polar surface area (TPSA) is 33.2 Å². The normalized spacial score (nSPS) is 10.6. The third-order valence-corrected chi connectivity index (χ3v) is 2.68. The van der Waals surface area contributed by atoms with Crippen LogP contribution >= 0.6 is 0 Å². The first-order chi connectivity index (χ1) is 8.75. The van der Waals surface area contributed by atoms with E-state index >= 15 is 0 Å². The highest BCUT2D eigenvalue weighted by Crippen LogP contribution is 2.04. The number of likely N-dealkylation sites (N-methyl/N-ethyl adjacent to an activating group) is 1. The molecule has 0 aliphatic carbocycles. The molecule has 2 aromatic rings. The van der Waals surface area contributed by atoms with Gasteiger partial charge >= 0.3 is 0 Å². The molecule has 3 nitrogen and oxygen atoms in total. The molecule has 0 N–H and O–H groups in total. The summed E-state index contributed by atoms with van der Waals surface area (Å²) in [4.78, 5) is 18.0. The average Bonchev–Trinajstić information content (AvgIpc) is 2.40. The van der Waals surface area contributed by atoms with Gasteiger partial charge < -0.3 is 0 Å². The molecular weight excluding hydrogens is 224 g/mol. The number of benzene rings is 1. The Morgan fingerprint density at radius 2 is 1.94 bits per heavy atom. The van der Waals surface area contributed by atoms with E-state index in [2.05, 4.69) is 4.98 Å². The first kappa shape index (κ1) is 12.5. The number of carbonyl (C=O) groups is 1. The Kier molecular flexibility index (Phi) is 4.20. The minimum Gasteiger partial charge on any atom is -0.295 e. The van der Waals surface area contributed by atoms with Crippen molar-refractivity contribution in [3.63, 3.8) is 0 Å². The summed E-state index contributed by atoms with van der Waals surface area (Å²) in [5.74, 6) is 0.141. The Labute approximate surface area is 107 Å². The number of pyridine rings is 1. The van der Waals surface area contributed by atoms with E-state index in [9.17, 15) is 4.79 Å². The van der Waals surface area contributed by atoms with Crippen LogP contribution in [0.2, 0.25) is 0 Å². The molecule has 92 valence electrons. The van der Waals surface area contributed by atoms with E-state index < -0.39 is 0 Å². The number of rotatable bonds is 5. The zero-order valence-corrected chi connectivity index (χ0v) is 10.4. The van der Waals surface area contributed by atoms with E-state index in [-0.39, 0.29) is 5.78 Å². The summed E-state index contributed by atoms with van der Waals surface area (Å²) >= 11 is 0. The van der Waals surface area contributed by atoms with Gasteiger partial charge in [-0.3, -0.25) is 14.7 Å². The Bertz CT molecular complexity index is 496. The van der Waals surface area contributed by atoms with Crippen molar-refractivity contribution in [1.29, 1.82) is 0 Å². The third kappa shape index (κ3) is 3.50. The lowest BCUT2D eigenvalue weighted by Crippen LogP contribution is -2.25. The number of hydrogen-bond donors (Lipinski definition) is 0. The molecule has 0 unspecified atom stereocenters. The molecule has 18 heavy (non-hydrogen) atoms. The fraction of sp³-hybridized carbons (Fsp3) is 0.200. The number of carbonyl (C=O) groups excluding carboxylic acids is 1. The third-order valence-electron chi connectivity index (χ3n) is 2.68. The quantitative estimate of drug-likeness (QED) is 0.752. The molecule has 1 aromatic heterocycles. The maximum atomic E-state index is 12.0. The highest BCUT2D eigenvalue weighted by molar-refractivity contribution is 5.97. The second-order valence-corrected chi connectivity index (χ2v) is 4.32. The van der Waals surface area contributed by atoms with Gasteiger partial charge in [0.05, 0.1) is 6.54 Å². The van der Waals surface area contributed by atoms with E-state index in [0.29, 0.717) is 6.54 Å². The summed E-state index contributed by atoms with van der Waals surface area (Å²) in [5.41, 5.74) is 1.87. The zero-order chi connectivity index (χ0) is 12.8. The minimum absolute atomic E-state index is 0.141. The van der Waals surface area contributed by atoms with Gasteiger partial charge in [-0.25, -0.2) is 0 Å². The first-order valence-electron chi connectivity index (χ1n) is 5.91.